The maximum atomic E-state index is 14.3. The summed E-state index contributed by atoms with van der Waals surface area (Å²) >= 11 is 0. The predicted octanol–water partition coefficient (Wildman–Crippen LogP) is 1.48. The Labute approximate surface area is 183 Å². The first kappa shape index (κ1) is 21.4. The number of anilines is 1. The highest BCUT2D eigenvalue weighted by atomic mass is 19.4. The molecule has 0 aromatic carbocycles. The number of hydrogen-bond acceptors (Lipinski definition) is 6. The van der Waals surface area contributed by atoms with Crippen LogP contribution in [0.4, 0.5) is 18.9 Å². The fraction of sp³-hybridized carbons (Fsp3) is 0.667. The zero-order valence-electron chi connectivity index (χ0n) is 18.4. The van der Waals surface area contributed by atoms with E-state index in [1.165, 1.54) is 0 Å². The van der Waals surface area contributed by atoms with E-state index in [4.69, 9.17) is 4.74 Å². The Morgan fingerprint density at radius 3 is 2.84 bits per heavy atom. The van der Waals surface area contributed by atoms with Gasteiger partial charge in [0, 0.05) is 45.5 Å². The minimum Gasteiger partial charge on any atom is -0.374 e. The topological polar surface area (TPSA) is 75.5 Å². The maximum Gasteiger partial charge on any atom is 0.397 e. The molecule has 3 unspecified atom stereocenters. The minimum atomic E-state index is -4.48. The molecule has 2 aliphatic heterocycles. The lowest BCUT2D eigenvalue weighted by atomic mass is 9.94. The summed E-state index contributed by atoms with van der Waals surface area (Å²) < 4.78 is 50.0. The average molecular weight is 452 g/mol. The molecule has 11 heteroatoms. The summed E-state index contributed by atoms with van der Waals surface area (Å²) in [6.07, 6.45) is -3.26. The van der Waals surface area contributed by atoms with Gasteiger partial charge in [-0.3, -0.25) is 9.48 Å². The van der Waals surface area contributed by atoms with E-state index in [9.17, 15) is 18.0 Å². The molecular weight excluding hydrogens is 425 g/mol. The third-order valence-electron chi connectivity index (χ3n) is 7.28. The van der Waals surface area contributed by atoms with E-state index in [1.54, 1.807) is 35.8 Å². The van der Waals surface area contributed by atoms with Gasteiger partial charge in [0.1, 0.15) is 5.41 Å². The minimum absolute atomic E-state index is 0.0111. The number of morpholine rings is 1. The molecule has 2 aromatic heterocycles. The number of piperidine rings is 1. The molecule has 0 radical (unpaired) electrons. The molecule has 3 atom stereocenters. The van der Waals surface area contributed by atoms with Crippen LogP contribution in [0.25, 0.3) is 11.0 Å². The van der Waals surface area contributed by atoms with Crippen LogP contribution >= 0.6 is 0 Å². The van der Waals surface area contributed by atoms with Crippen molar-refractivity contribution in [3.63, 3.8) is 0 Å². The molecule has 32 heavy (non-hydrogen) atoms. The SMILES string of the molecule is Cc1cc(N2CC3(C(=O)NCC4CN(C)CCO4)CC3(C(F)(F)F)C2)c2cnn(C)c2n1. The predicted molar refractivity (Wildman–Crippen MR) is 111 cm³/mol. The quantitative estimate of drug-likeness (QED) is 0.758. The Kier molecular flexibility index (Phi) is 4.72. The first-order valence-electron chi connectivity index (χ1n) is 10.8. The first-order valence-corrected chi connectivity index (χ1v) is 10.8. The van der Waals surface area contributed by atoms with Gasteiger partial charge in [0.15, 0.2) is 5.65 Å². The van der Waals surface area contributed by atoms with Crippen LogP contribution in [-0.4, -0.2) is 84.2 Å². The maximum absolute atomic E-state index is 14.3. The van der Waals surface area contributed by atoms with Gasteiger partial charge < -0.3 is 19.9 Å². The number of nitrogens with zero attached hydrogens (tertiary/aromatic N) is 5. The second-order valence-corrected chi connectivity index (χ2v) is 9.45. The lowest BCUT2D eigenvalue weighted by Crippen LogP contribution is -2.48. The summed E-state index contributed by atoms with van der Waals surface area (Å²) in [7, 11) is 3.70. The number of carbonyl (C=O) groups is 1. The Balaban J connectivity index is 1.41. The largest absolute Gasteiger partial charge is 0.397 e. The molecule has 3 fully saturated rings. The standard InChI is InChI=1S/C21H27F3N6O2/c1-13-6-16(15-8-26-29(3)17(15)27-13)30-11-19(10-20(19,12-30)21(22,23)24)18(31)25-7-14-9-28(2)4-5-32-14/h6,8,14H,4-5,7,9-12H2,1-3H3,(H,25,31). The number of likely N-dealkylation sites (N-methyl/N-ethyl adjacent to an activating group) is 1. The third-order valence-corrected chi connectivity index (χ3v) is 7.28. The molecule has 0 bridgehead atoms. The number of halogens is 3. The van der Waals surface area contributed by atoms with Crippen molar-refractivity contribution in [2.75, 3.05) is 51.3 Å². The normalized spacial score (nSPS) is 30.6. The Hall–Kier alpha value is -2.40. The number of hydrogen-bond donors (Lipinski definition) is 1. The van der Waals surface area contributed by atoms with E-state index in [0.29, 0.717) is 35.6 Å². The zero-order chi connectivity index (χ0) is 22.9. The molecule has 1 saturated carbocycles. The monoisotopic (exact) mass is 452 g/mol. The summed E-state index contributed by atoms with van der Waals surface area (Å²) in [5.41, 5.74) is -1.59. The number of ether oxygens (including phenoxy) is 1. The molecule has 2 saturated heterocycles. The average Bonchev–Trinajstić information content (AvgIpc) is 3.05. The van der Waals surface area contributed by atoms with Crippen LogP contribution in [0.15, 0.2) is 12.3 Å². The van der Waals surface area contributed by atoms with Crippen LogP contribution in [0, 0.1) is 17.8 Å². The van der Waals surface area contributed by atoms with Crippen molar-refractivity contribution in [1.82, 2.24) is 25.0 Å². The second kappa shape index (κ2) is 7.05. The molecular formula is C21H27F3N6O2. The highest BCUT2D eigenvalue weighted by molar-refractivity contribution is 5.93. The molecule has 3 aliphatic rings. The van der Waals surface area contributed by atoms with Crippen molar-refractivity contribution >= 4 is 22.6 Å². The lowest BCUT2D eigenvalue weighted by molar-refractivity contribution is -0.191. The van der Waals surface area contributed by atoms with Gasteiger partial charge in [0.25, 0.3) is 0 Å². The number of rotatable bonds is 4. The van der Waals surface area contributed by atoms with Gasteiger partial charge in [-0.15, -0.1) is 0 Å². The molecule has 8 nitrogen and oxygen atoms in total. The number of pyridine rings is 1. The van der Waals surface area contributed by atoms with Crippen LogP contribution in [-0.2, 0) is 16.6 Å². The van der Waals surface area contributed by atoms with Gasteiger partial charge in [-0.25, -0.2) is 4.98 Å². The summed E-state index contributed by atoms with van der Waals surface area (Å²) in [5.74, 6) is -0.539. The molecule has 1 aliphatic carbocycles. The van der Waals surface area contributed by atoms with Gasteiger partial charge in [-0.05, 0) is 26.5 Å². The highest BCUT2D eigenvalue weighted by Crippen LogP contribution is 2.75. The first-order chi connectivity index (χ1) is 15.1. The number of aromatic nitrogens is 3. The van der Waals surface area contributed by atoms with Crippen LogP contribution in [0.3, 0.4) is 0 Å². The van der Waals surface area contributed by atoms with Crippen LogP contribution < -0.4 is 10.2 Å². The smallest absolute Gasteiger partial charge is 0.374 e. The van der Waals surface area contributed by atoms with Gasteiger partial charge in [0.2, 0.25) is 5.91 Å². The number of amides is 1. The summed E-state index contributed by atoms with van der Waals surface area (Å²) in [6, 6.07) is 1.77. The molecule has 5 rings (SSSR count). The summed E-state index contributed by atoms with van der Waals surface area (Å²) in [6.45, 7) is 3.76. The van der Waals surface area contributed by atoms with E-state index in [0.717, 1.165) is 6.54 Å². The van der Waals surface area contributed by atoms with Crippen molar-refractivity contribution in [2.45, 2.75) is 25.6 Å². The van der Waals surface area contributed by atoms with E-state index in [1.807, 2.05) is 7.05 Å². The Morgan fingerprint density at radius 1 is 1.34 bits per heavy atom. The molecule has 2 aromatic rings. The van der Waals surface area contributed by atoms with Crippen LogP contribution in [0.2, 0.25) is 0 Å². The summed E-state index contributed by atoms with van der Waals surface area (Å²) in [4.78, 5) is 21.4. The summed E-state index contributed by atoms with van der Waals surface area (Å²) in [5, 5.41) is 7.67. The van der Waals surface area contributed by atoms with E-state index >= 15 is 0 Å². The number of aryl methyl sites for hydroxylation is 2. The van der Waals surface area contributed by atoms with Crippen LogP contribution in [0.5, 0.6) is 0 Å². The Morgan fingerprint density at radius 2 is 2.12 bits per heavy atom. The van der Waals surface area contributed by atoms with E-state index in [2.05, 4.69) is 20.3 Å². The fourth-order valence-electron chi connectivity index (χ4n) is 5.44. The van der Waals surface area contributed by atoms with Gasteiger partial charge in [-0.1, -0.05) is 0 Å². The lowest BCUT2D eigenvalue weighted by Gasteiger charge is -2.30. The van der Waals surface area contributed by atoms with Crippen LogP contribution in [0.1, 0.15) is 12.1 Å². The fourth-order valence-corrected chi connectivity index (χ4v) is 5.44. The molecule has 0 spiro atoms. The van der Waals surface area contributed by atoms with Crippen molar-refractivity contribution in [3.05, 3.63) is 18.0 Å². The van der Waals surface area contributed by atoms with Crippen molar-refractivity contribution in [3.8, 4) is 0 Å². The number of nitrogens with one attached hydrogen (secondary N) is 1. The van der Waals surface area contributed by atoms with E-state index < -0.39 is 22.9 Å². The molecule has 1 N–H and O–H groups in total. The number of carbonyl (C=O) groups excluding carboxylic acids is 1. The van der Waals surface area contributed by atoms with Crippen molar-refractivity contribution < 1.29 is 22.7 Å². The van der Waals surface area contributed by atoms with Crippen molar-refractivity contribution in [1.29, 1.82) is 0 Å². The third kappa shape index (κ3) is 3.08. The van der Waals surface area contributed by atoms with Gasteiger partial charge in [-0.2, -0.15) is 18.3 Å². The zero-order valence-corrected chi connectivity index (χ0v) is 18.4. The van der Waals surface area contributed by atoms with Gasteiger partial charge >= 0.3 is 6.18 Å². The molecule has 1 amide bonds. The van der Waals surface area contributed by atoms with E-state index in [-0.39, 0.29) is 32.2 Å². The number of alkyl halides is 3. The Bertz CT molecular complexity index is 1070. The van der Waals surface area contributed by atoms with Crippen molar-refractivity contribution in [2.24, 2.45) is 17.9 Å². The molecule has 174 valence electrons. The molecule has 4 heterocycles. The van der Waals surface area contributed by atoms with Gasteiger partial charge in [0.05, 0.1) is 35.4 Å². The second-order valence-electron chi connectivity index (χ2n) is 9.45. The highest BCUT2D eigenvalue weighted by Gasteiger charge is 2.86. The number of fused-ring (bicyclic) bond motifs is 2.